The Hall–Kier alpha value is -4.59. The topological polar surface area (TPSA) is 157 Å². The van der Waals surface area contributed by atoms with E-state index in [1.807, 2.05) is 6.92 Å². The van der Waals surface area contributed by atoms with Gasteiger partial charge in [-0.15, -0.1) is 5.10 Å². The molecule has 1 aliphatic heterocycles. The van der Waals surface area contributed by atoms with Crippen molar-refractivity contribution in [2.45, 2.75) is 25.8 Å². The molecular formula is C28H25Cl2N9O4. The average Bonchev–Trinajstić information content (AvgIpc) is 3.76. The number of nitrogens with zero attached hydrogens (tertiary/aromatic N) is 8. The first-order chi connectivity index (χ1) is 20.8. The highest BCUT2D eigenvalue weighted by molar-refractivity contribution is 6.32. The van der Waals surface area contributed by atoms with Crippen LogP contribution in [0.2, 0.25) is 10.2 Å². The maximum Gasteiger partial charge on any atom is 0.411 e. The zero-order valence-corrected chi connectivity index (χ0v) is 24.3. The summed E-state index contributed by atoms with van der Waals surface area (Å²) in [6.45, 7) is 2.86. The molecule has 1 amide bonds. The SMILES string of the molecule is CCOCCN(C(=O)O)c1ccc(-c2[nH]c([C@@H]3CCc4nc(-c5cc(Cl)ccc5-n5cnnn5)cc(=O)n43)nc2Cl)cc1. The van der Waals surface area contributed by atoms with E-state index in [4.69, 9.17) is 32.9 Å². The van der Waals surface area contributed by atoms with Crippen LogP contribution in [0.1, 0.15) is 31.0 Å². The van der Waals surface area contributed by atoms with Crippen LogP contribution in [0.3, 0.4) is 0 Å². The van der Waals surface area contributed by atoms with Gasteiger partial charge in [-0.1, -0.05) is 35.3 Å². The van der Waals surface area contributed by atoms with E-state index < -0.39 is 12.1 Å². The fourth-order valence-corrected chi connectivity index (χ4v) is 5.61. The number of aryl methyl sites for hydroxylation is 1. The minimum Gasteiger partial charge on any atom is -0.465 e. The van der Waals surface area contributed by atoms with Crippen molar-refractivity contribution in [2.75, 3.05) is 24.7 Å². The van der Waals surface area contributed by atoms with Crippen LogP contribution in [0, 0.1) is 0 Å². The van der Waals surface area contributed by atoms with Crippen molar-refractivity contribution in [3.8, 4) is 28.2 Å². The lowest BCUT2D eigenvalue weighted by Gasteiger charge is -2.19. The molecule has 6 rings (SSSR count). The van der Waals surface area contributed by atoms with Crippen LogP contribution in [-0.4, -0.2) is 70.7 Å². The van der Waals surface area contributed by atoms with E-state index in [1.165, 1.54) is 22.0 Å². The molecule has 0 radical (unpaired) electrons. The quantitative estimate of drug-likeness (QED) is 0.224. The van der Waals surface area contributed by atoms with E-state index >= 15 is 0 Å². The zero-order valence-electron chi connectivity index (χ0n) is 22.8. The largest absolute Gasteiger partial charge is 0.465 e. The van der Waals surface area contributed by atoms with Gasteiger partial charge in [0.25, 0.3) is 5.56 Å². The van der Waals surface area contributed by atoms with E-state index in [0.717, 1.165) is 5.56 Å². The Bertz CT molecular complexity index is 1840. The van der Waals surface area contributed by atoms with Crippen LogP contribution < -0.4 is 10.5 Å². The van der Waals surface area contributed by atoms with E-state index in [0.29, 0.717) is 71.1 Å². The van der Waals surface area contributed by atoms with Gasteiger partial charge in [0.1, 0.15) is 18.0 Å². The molecule has 2 aromatic carbocycles. The van der Waals surface area contributed by atoms with Gasteiger partial charge in [0.15, 0.2) is 5.15 Å². The van der Waals surface area contributed by atoms with Crippen molar-refractivity contribution in [1.82, 2.24) is 39.7 Å². The van der Waals surface area contributed by atoms with Crippen molar-refractivity contribution in [3.05, 3.63) is 87.0 Å². The van der Waals surface area contributed by atoms with Gasteiger partial charge < -0.3 is 14.8 Å². The van der Waals surface area contributed by atoms with Crippen LogP contribution in [0.25, 0.3) is 28.2 Å². The van der Waals surface area contributed by atoms with Crippen LogP contribution in [0.15, 0.2) is 59.7 Å². The lowest BCUT2D eigenvalue weighted by atomic mass is 10.1. The minimum atomic E-state index is -1.07. The van der Waals surface area contributed by atoms with E-state index in [9.17, 15) is 14.7 Å². The molecule has 15 heteroatoms. The molecule has 0 saturated carbocycles. The van der Waals surface area contributed by atoms with Crippen molar-refractivity contribution in [2.24, 2.45) is 0 Å². The molecule has 0 saturated heterocycles. The first-order valence-corrected chi connectivity index (χ1v) is 14.2. The number of H-pyrrole nitrogens is 1. The molecule has 0 aliphatic carbocycles. The Kier molecular flexibility index (Phi) is 7.93. The van der Waals surface area contributed by atoms with E-state index in [2.05, 4.69) is 25.5 Å². The Morgan fingerprint density at radius 3 is 2.70 bits per heavy atom. The maximum atomic E-state index is 13.5. The number of hydrogen-bond acceptors (Lipinski definition) is 8. The second kappa shape index (κ2) is 12.0. The van der Waals surface area contributed by atoms with Gasteiger partial charge >= 0.3 is 6.09 Å². The standard InChI is InChI=1S/C28H25Cl2N9O4/c1-2-43-12-11-37(28(41)42)18-6-3-16(4-7-18)25-26(30)34-27(33-25)22-9-10-23-32-20(14-24(40)39(22)23)19-13-17(29)5-8-21(19)38-15-31-35-36-38/h3-8,13-15,22H,2,9-12H2,1H3,(H,33,34)(H,41,42)/t22-/m0/s1. The summed E-state index contributed by atoms with van der Waals surface area (Å²) in [5.41, 5.74) is 3.26. The average molecular weight is 622 g/mol. The van der Waals surface area contributed by atoms with Crippen LogP contribution in [-0.2, 0) is 11.2 Å². The van der Waals surface area contributed by atoms with Gasteiger partial charge in [-0.25, -0.2) is 14.8 Å². The number of aromatic nitrogens is 8. The molecule has 0 spiro atoms. The van der Waals surface area contributed by atoms with Crippen LogP contribution in [0.4, 0.5) is 10.5 Å². The monoisotopic (exact) mass is 621 g/mol. The van der Waals surface area contributed by atoms with Crippen molar-refractivity contribution >= 4 is 35.0 Å². The maximum absolute atomic E-state index is 13.5. The lowest BCUT2D eigenvalue weighted by molar-refractivity contribution is 0.150. The number of fused-ring (bicyclic) bond motifs is 1. The van der Waals surface area contributed by atoms with Gasteiger partial charge in [0, 0.05) is 40.9 Å². The predicted molar refractivity (Wildman–Crippen MR) is 159 cm³/mol. The number of imidazole rings is 1. The van der Waals surface area contributed by atoms with Crippen LogP contribution >= 0.6 is 23.2 Å². The Balaban J connectivity index is 1.29. The fraction of sp³-hybridized carbons (Fsp3) is 0.250. The molecule has 1 aliphatic rings. The summed E-state index contributed by atoms with van der Waals surface area (Å²) in [5, 5.41) is 21.7. The molecule has 4 heterocycles. The number of ether oxygens (including phenoxy) is 1. The summed E-state index contributed by atoms with van der Waals surface area (Å²) in [6, 6.07) is 13.2. The number of amides is 1. The van der Waals surface area contributed by atoms with E-state index in [1.54, 1.807) is 47.0 Å². The molecule has 43 heavy (non-hydrogen) atoms. The molecule has 13 nitrogen and oxygen atoms in total. The number of benzene rings is 2. The van der Waals surface area contributed by atoms with Gasteiger partial charge in [-0.2, -0.15) is 4.68 Å². The Labute approximate surface area is 254 Å². The van der Waals surface area contributed by atoms with E-state index in [-0.39, 0.29) is 17.3 Å². The number of anilines is 1. The highest BCUT2D eigenvalue weighted by Crippen LogP contribution is 2.35. The number of nitrogens with one attached hydrogen (secondary N) is 1. The van der Waals surface area contributed by atoms with Gasteiger partial charge in [0.05, 0.1) is 36.3 Å². The van der Waals surface area contributed by atoms with Crippen molar-refractivity contribution < 1.29 is 14.6 Å². The number of hydrogen-bond donors (Lipinski definition) is 2. The molecule has 0 unspecified atom stereocenters. The molecular weight excluding hydrogens is 597 g/mol. The molecule has 0 bridgehead atoms. The first kappa shape index (κ1) is 28.5. The second-order valence-electron chi connectivity index (χ2n) is 9.70. The van der Waals surface area contributed by atoms with Gasteiger partial charge in [-0.05, 0) is 54.1 Å². The number of rotatable bonds is 9. The van der Waals surface area contributed by atoms with Crippen LogP contribution in [0.5, 0.6) is 0 Å². The molecule has 5 aromatic rings. The molecule has 3 aromatic heterocycles. The summed E-state index contributed by atoms with van der Waals surface area (Å²) in [6.07, 6.45) is 1.53. The van der Waals surface area contributed by atoms with Gasteiger partial charge in [-0.3, -0.25) is 14.3 Å². The van der Waals surface area contributed by atoms with Gasteiger partial charge in [0.2, 0.25) is 0 Å². The number of tetrazole rings is 1. The Morgan fingerprint density at radius 1 is 1.16 bits per heavy atom. The summed E-state index contributed by atoms with van der Waals surface area (Å²) >= 11 is 12.8. The number of aromatic amines is 1. The summed E-state index contributed by atoms with van der Waals surface area (Å²) < 4.78 is 8.41. The third-order valence-electron chi connectivity index (χ3n) is 7.16. The predicted octanol–water partition coefficient (Wildman–Crippen LogP) is 4.64. The molecule has 2 N–H and O–H groups in total. The van der Waals surface area contributed by atoms with Crippen molar-refractivity contribution in [3.63, 3.8) is 0 Å². The number of halogens is 2. The molecule has 1 atom stereocenters. The normalized spacial score (nSPS) is 14.2. The zero-order chi connectivity index (χ0) is 30.1. The summed E-state index contributed by atoms with van der Waals surface area (Å²) in [4.78, 5) is 39.1. The number of carboxylic acid groups (broad SMARTS) is 1. The highest BCUT2D eigenvalue weighted by atomic mass is 35.5. The Morgan fingerprint density at radius 2 is 1.98 bits per heavy atom. The molecule has 220 valence electrons. The van der Waals surface area contributed by atoms with Crippen molar-refractivity contribution in [1.29, 1.82) is 0 Å². The first-order valence-electron chi connectivity index (χ1n) is 13.4. The third-order valence-corrected chi connectivity index (χ3v) is 7.67. The highest BCUT2D eigenvalue weighted by Gasteiger charge is 2.30. The summed E-state index contributed by atoms with van der Waals surface area (Å²) in [7, 11) is 0. The second-order valence-corrected chi connectivity index (χ2v) is 10.5. The molecule has 0 fully saturated rings. The smallest absolute Gasteiger partial charge is 0.411 e. The lowest BCUT2D eigenvalue weighted by Crippen LogP contribution is -2.32. The minimum absolute atomic E-state index is 0.208. The number of carbonyl (C=O) groups is 1. The fourth-order valence-electron chi connectivity index (χ4n) is 5.19. The summed E-state index contributed by atoms with van der Waals surface area (Å²) in [5.74, 6) is 1.13. The third kappa shape index (κ3) is 5.61.